The highest BCUT2D eigenvalue weighted by Gasteiger charge is 2.31. The van der Waals surface area contributed by atoms with Crippen LogP contribution >= 0.6 is 12.2 Å². The molecule has 16 heavy (non-hydrogen) atoms. The molecule has 0 atom stereocenters. The van der Waals surface area contributed by atoms with E-state index in [0.717, 1.165) is 5.06 Å². The molecule has 1 fully saturated rings. The molecule has 5 nitrogen and oxygen atoms in total. The summed E-state index contributed by atoms with van der Waals surface area (Å²) in [6.07, 6.45) is 1.74. The van der Waals surface area contributed by atoms with Crippen LogP contribution < -0.4 is 0 Å². The zero-order valence-electron chi connectivity index (χ0n) is 9.02. The maximum Gasteiger partial charge on any atom is 0.263 e. The van der Waals surface area contributed by atoms with Gasteiger partial charge in [-0.2, -0.15) is 0 Å². The summed E-state index contributed by atoms with van der Waals surface area (Å²) in [6.45, 7) is 1.50. The molecule has 0 aliphatic carbocycles. The molecule has 0 N–H and O–H groups in total. The highest BCUT2D eigenvalue weighted by molar-refractivity contribution is 7.80. The maximum absolute atomic E-state index is 11.2. The fourth-order valence-corrected chi connectivity index (χ4v) is 1.51. The molecule has 1 rings (SSSR count). The second-order valence-electron chi connectivity index (χ2n) is 3.60. The summed E-state index contributed by atoms with van der Waals surface area (Å²) in [6, 6.07) is 0. The molecule has 1 aliphatic rings. The van der Waals surface area contributed by atoms with Gasteiger partial charge in [0.2, 0.25) is 0 Å². The van der Waals surface area contributed by atoms with Crippen LogP contribution in [0.1, 0.15) is 39.0 Å². The number of carbonyl (C=O) groups is 3. The summed E-state index contributed by atoms with van der Waals surface area (Å²) < 4.78 is 0. The first kappa shape index (κ1) is 12.8. The zero-order chi connectivity index (χ0) is 12.1. The molecule has 0 saturated carbocycles. The highest BCUT2D eigenvalue weighted by Crippen LogP contribution is 2.13. The Bertz CT molecular complexity index is 324. The largest absolute Gasteiger partial charge is 0.362 e. The fourth-order valence-electron chi connectivity index (χ4n) is 1.29. The van der Waals surface area contributed by atoms with E-state index < -0.39 is 0 Å². The molecule has 0 unspecified atom stereocenters. The maximum atomic E-state index is 11.2. The number of imide groups is 1. The minimum atomic E-state index is -0.362. The number of amides is 2. The third kappa shape index (κ3) is 3.69. The SMILES string of the molecule is CC(=O)CCCC(=S)ON1C(=O)CCC1=O. The van der Waals surface area contributed by atoms with Gasteiger partial charge in [0.15, 0.2) is 5.05 Å². The molecule has 0 aromatic rings. The summed E-state index contributed by atoms with van der Waals surface area (Å²) in [5, 5.41) is 0.890. The van der Waals surface area contributed by atoms with E-state index in [0.29, 0.717) is 19.3 Å². The van der Waals surface area contributed by atoms with Gasteiger partial charge in [-0.1, -0.05) is 0 Å². The summed E-state index contributed by atoms with van der Waals surface area (Å²) in [5.41, 5.74) is 0. The average Bonchev–Trinajstić information content (AvgIpc) is 2.49. The molecule has 0 radical (unpaired) electrons. The lowest BCUT2D eigenvalue weighted by Crippen LogP contribution is -2.31. The molecule has 0 spiro atoms. The number of ketones is 1. The van der Waals surface area contributed by atoms with E-state index in [1.807, 2.05) is 0 Å². The Morgan fingerprint density at radius 1 is 1.31 bits per heavy atom. The van der Waals surface area contributed by atoms with Gasteiger partial charge in [0.05, 0.1) is 0 Å². The van der Waals surface area contributed by atoms with Crippen molar-refractivity contribution in [2.75, 3.05) is 0 Å². The predicted molar refractivity (Wildman–Crippen MR) is 59.3 cm³/mol. The molecular formula is C10H13NO4S. The van der Waals surface area contributed by atoms with Gasteiger partial charge in [0, 0.05) is 25.7 Å². The van der Waals surface area contributed by atoms with E-state index in [9.17, 15) is 14.4 Å². The van der Waals surface area contributed by atoms with Crippen molar-refractivity contribution in [3.8, 4) is 0 Å². The molecule has 0 aromatic heterocycles. The normalized spacial score (nSPS) is 15.4. The molecule has 6 heteroatoms. The van der Waals surface area contributed by atoms with Gasteiger partial charge >= 0.3 is 0 Å². The number of hydrogen-bond acceptors (Lipinski definition) is 5. The van der Waals surface area contributed by atoms with Crippen LogP contribution in [0.5, 0.6) is 0 Å². The number of hydroxylamine groups is 2. The third-order valence-electron chi connectivity index (χ3n) is 2.11. The second-order valence-corrected chi connectivity index (χ2v) is 4.06. The number of carbonyl (C=O) groups excluding carboxylic acids is 3. The van der Waals surface area contributed by atoms with E-state index >= 15 is 0 Å². The Balaban J connectivity index is 2.31. The summed E-state index contributed by atoms with van der Waals surface area (Å²) in [5.74, 6) is -0.644. The predicted octanol–water partition coefficient (Wildman–Crippen LogP) is 1.15. The van der Waals surface area contributed by atoms with Crippen LogP contribution in [0.4, 0.5) is 0 Å². The van der Waals surface area contributed by atoms with Gasteiger partial charge < -0.3 is 9.63 Å². The van der Waals surface area contributed by atoms with Crippen LogP contribution in [0.3, 0.4) is 0 Å². The molecular weight excluding hydrogens is 230 g/mol. The van der Waals surface area contributed by atoms with Gasteiger partial charge in [-0.3, -0.25) is 9.59 Å². The Morgan fingerprint density at radius 3 is 2.38 bits per heavy atom. The Kier molecular flexibility index (Phi) is 4.54. The van der Waals surface area contributed by atoms with Crippen molar-refractivity contribution in [3.05, 3.63) is 0 Å². The van der Waals surface area contributed by atoms with Crippen LogP contribution in [0.2, 0.25) is 0 Å². The number of rotatable bonds is 5. The van der Waals surface area contributed by atoms with E-state index in [1.54, 1.807) is 0 Å². The van der Waals surface area contributed by atoms with Crippen molar-refractivity contribution in [3.63, 3.8) is 0 Å². The fraction of sp³-hybridized carbons (Fsp3) is 0.600. The Hall–Kier alpha value is -1.30. The van der Waals surface area contributed by atoms with E-state index in [2.05, 4.69) is 0 Å². The first-order valence-electron chi connectivity index (χ1n) is 5.06. The van der Waals surface area contributed by atoms with Crippen LogP contribution in [0, 0.1) is 0 Å². The second kappa shape index (κ2) is 5.69. The van der Waals surface area contributed by atoms with E-state index in [-0.39, 0.29) is 35.5 Å². The zero-order valence-corrected chi connectivity index (χ0v) is 9.84. The minimum absolute atomic E-state index is 0.0797. The average molecular weight is 243 g/mol. The van der Waals surface area contributed by atoms with Crippen molar-refractivity contribution in [1.29, 1.82) is 0 Å². The summed E-state index contributed by atoms with van der Waals surface area (Å²) in [7, 11) is 0. The quantitative estimate of drug-likeness (QED) is 0.535. The van der Waals surface area contributed by atoms with Crippen LogP contribution in [-0.2, 0) is 19.2 Å². The lowest BCUT2D eigenvalue weighted by molar-refractivity contribution is -0.167. The van der Waals surface area contributed by atoms with Crippen LogP contribution in [0.15, 0.2) is 0 Å². The number of thiocarbonyl (C=S) groups is 1. The standard InChI is InChI=1S/C10H13NO4S/c1-7(12)3-2-4-10(16)15-11-8(13)5-6-9(11)14/h2-6H2,1H3. The number of hydrogen-bond donors (Lipinski definition) is 0. The van der Waals surface area contributed by atoms with Crippen molar-refractivity contribution < 1.29 is 19.2 Å². The first-order chi connectivity index (χ1) is 7.50. The van der Waals surface area contributed by atoms with Gasteiger partial charge in [-0.25, -0.2) is 0 Å². The monoisotopic (exact) mass is 243 g/mol. The molecule has 2 amide bonds. The number of nitrogens with zero attached hydrogens (tertiary/aromatic N) is 1. The summed E-state index contributed by atoms with van der Waals surface area (Å²) in [4.78, 5) is 38.0. The Labute approximate surface area is 98.7 Å². The van der Waals surface area contributed by atoms with E-state index in [1.165, 1.54) is 6.92 Å². The van der Waals surface area contributed by atoms with Crippen LogP contribution in [0.25, 0.3) is 0 Å². The molecule has 88 valence electrons. The molecule has 0 aromatic carbocycles. The molecule has 0 bridgehead atoms. The molecule has 1 aliphatic heterocycles. The molecule has 1 heterocycles. The lowest BCUT2D eigenvalue weighted by Gasteiger charge is -2.14. The topological polar surface area (TPSA) is 63.7 Å². The Morgan fingerprint density at radius 2 is 1.88 bits per heavy atom. The lowest BCUT2D eigenvalue weighted by atomic mass is 10.2. The van der Waals surface area contributed by atoms with Crippen LogP contribution in [-0.4, -0.2) is 27.7 Å². The van der Waals surface area contributed by atoms with Crippen molar-refractivity contribution in [2.45, 2.75) is 39.0 Å². The third-order valence-corrected chi connectivity index (χ3v) is 2.39. The van der Waals surface area contributed by atoms with Gasteiger partial charge in [0.1, 0.15) is 5.78 Å². The van der Waals surface area contributed by atoms with E-state index in [4.69, 9.17) is 17.1 Å². The number of Topliss-reactive ketones (excluding diaryl/α,β-unsaturated/α-hetero) is 1. The smallest absolute Gasteiger partial charge is 0.263 e. The minimum Gasteiger partial charge on any atom is -0.362 e. The van der Waals surface area contributed by atoms with Gasteiger partial charge in [0.25, 0.3) is 11.8 Å². The van der Waals surface area contributed by atoms with Crippen molar-refractivity contribution >= 4 is 34.9 Å². The van der Waals surface area contributed by atoms with Gasteiger partial charge in [-0.05, 0) is 25.6 Å². The summed E-state index contributed by atoms with van der Waals surface area (Å²) >= 11 is 4.87. The molecule has 1 saturated heterocycles. The van der Waals surface area contributed by atoms with Crippen molar-refractivity contribution in [2.24, 2.45) is 0 Å². The van der Waals surface area contributed by atoms with Gasteiger partial charge in [-0.15, -0.1) is 5.06 Å². The van der Waals surface area contributed by atoms with Crippen molar-refractivity contribution in [1.82, 2.24) is 5.06 Å². The first-order valence-corrected chi connectivity index (χ1v) is 5.47. The highest BCUT2D eigenvalue weighted by atomic mass is 32.1.